The number of hydrogen-bond acceptors (Lipinski definition) is 5. The van der Waals surface area contributed by atoms with E-state index >= 15 is 0 Å². The van der Waals surface area contributed by atoms with Crippen LogP contribution in [0.2, 0.25) is 10.0 Å². The van der Waals surface area contributed by atoms with E-state index < -0.39 is 22.0 Å². The van der Waals surface area contributed by atoms with E-state index in [-0.39, 0.29) is 28.9 Å². The Hall–Kier alpha value is -2.16. The summed E-state index contributed by atoms with van der Waals surface area (Å²) in [5.74, 6) is 0.590. The van der Waals surface area contributed by atoms with Gasteiger partial charge in [0.05, 0.1) is 11.9 Å². The molecule has 0 spiro atoms. The van der Waals surface area contributed by atoms with Gasteiger partial charge in [-0.15, -0.1) is 0 Å². The maximum absolute atomic E-state index is 12.9. The van der Waals surface area contributed by atoms with E-state index in [1.165, 1.54) is 18.2 Å². The third kappa shape index (κ3) is 4.45. The summed E-state index contributed by atoms with van der Waals surface area (Å²) in [6, 6.07) is 8.32. The van der Waals surface area contributed by atoms with Gasteiger partial charge >= 0.3 is 0 Å². The summed E-state index contributed by atoms with van der Waals surface area (Å²) < 4.78 is 36.5. The Bertz CT molecular complexity index is 993. The average Bonchev–Trinajstić information content (AvgIpc) is 3.05. The van der Waals surface area contributed by atoms with Crippen LogP contribution in [-0.2, 0) is 14.8 Å². The molecule has 1 aliphatic heterocycles. The first-order chi connectivity index (χ1) is 13.2. The third-order valence-electron chi connectivity index (χ3n) is 4.07. The summed E-state index contributed by atoms with van der Waals surface area (Å²) >= 11 is 12.0. The van der Waals surface area contributed by atoms with E-state index in [2.05, 4.69) is 5.32 Å². The molecule has 2 aromatic carbocycles. The van der Waals surface area contributed by atoms with E-state index in [0.29, 0.717) is 17.2 Å². The van der Waals surface area contributed by atoms with Crippen molar-refractivity contribution in [2.24, 2.45) is 0 Å². The molecule has 1 aliphatic rings. The Labute approximate surface area is 173 Å². The molecule has 7 nitrogen and oxygen atoms in total. The van der Waals surface area contributed by atoms with Crippen LogP contribution in [-0.4, -0.2) is 33.4 Å². The molecule has 0 bridgehead atoms. The second kappa shape index (κ2) is 8.06. The first-order valence-corrected chi connectivity index (χ1v) is 11.0. The van der Waals surface area contributed by atoms with Gasteiger partial charge in [0.2, 0.25) is 22.7 Å². The lowest BCUT2D eigenvalue weighted by Gasteiger charge is -2.30. The van der Waals surface area contributed by atoms with Crippen molar-refractivity contribution < 1.29 is 22.7 Å². The number of ether oxygens (including phenoxy) is 2. The van der Waals surface area contributed by atoms with Crippen LogP contribution in [0.3, 0.4) is 0 Å². The molecular weight excluding hydrogens is 427 g/mol. The molecule has 28 heavy (non-hydrogen) atoms. The fraction of sp³-hybridized carbons (Fsp3) is 0.278. The summed E-state index contributed by atoms with van der Waals surface area (Å²) in [5.41, 5.74) is 0.679. The maximum atomic E-state index is 12.9. The minimum absolute atomic E-state index is 0.113. The molecule has 0 saturated carbocycles. The topological polar surface area (TPSA) is 84.9 Å². The standard InChI is InChI=1S/C18H18Cl2N2O5S/c1-3-15(18(23)21-13-4-5-16-17(9-13)27-10-26-16)22(28(2,24)25)14-7-11(19)6-12(20)8-14/h4-9,15H,3,10H2,1-2H3,(H,21,23). The minimum atomic E-state index is -3.80. The van der Waals surface area contributed by atoms with Gasteiger partial charge in [-0.2, -0.15) is 0 Å². The molecule has 0 radical (unpaired) electrons. The summed E-state index contributed by atoms with van der Waals surface area (Å²) in [7, 11) is -3.80. The van der Waals surface area contributed by atoms with E-state index in [1.54, 1.807) is 25.1 Å². The number of fused-ring (bicyclic) bond motifs is 1. The number of rotatable bonds is 6. The molecule has 1 N–H and O–H groups in total. The molecular formula is C18H18Cl2N2O5S. The zero-order chi connectivity index (χ0) is 20.5. The van der Waals surface area contributed by atoms with Crippen molar-refractivity contribution in [1.82, 2.24) is 0 Å². The number of carbonyl (C=O) groups is 1. The normalized spacial score (nSPS) is 13.9. The van der Waals surface area contributed by atoms with Crippen LogP contribution in [0.5, 0.6) is 11.5 Å². The van der Waals surface area contributed by atoms with Crippen molar-refractivity contribution in [3.05, 3.63) is 46.4 Å². The largest absolute Gasteiger partial charge is 0.454 e. The van der Waals surface area contributed by atoms with Crippen LogP contribution < -0.4 is 19.1 Å². The third-order valence-corrected chi connectivity index (χ3v) is 5.69. The highest BCUT2D eigenvalue weighted by molar-refractivity contribution is 7.92. The highest BCUT2D eigenvalue weighted by Gasteiger charge is 2.32. The van der Waals surface area contributed by atoms with E-state index in [9.17, 15) is 13.2 Å². The van der Waals surface area contributed by atoms with Crippen molar-refractivity contribution in [1.29, 1.82) is 0 Å². The number of nitrogens with zero attached hydrogens (tertiary/aromatic N) is 1. The molecule has 0 aliphatic carbocycles. The fourth-order valence-electron chi connectivity index (χ4n) is 2.93. The van der Waals surface area contributed by atoms with Crippen LogP contribution >= 0.6 is 23.2 Å². The summed E-state index contributed by atoms with van der Waals surface area (Å²) in [6.07, 6.45) is 1.26. The highest BCUT2D eigenvalue weighted by Crippen LogP contribution is 2.35. The van der Waals surface area contributed by atoms with Crippen LogP contribution in [0.4, 0.5) is 11.4 Å². The SMILES string of the molecule is CCC(C(=O)Nc1ccc2c(c1)OCO2)N(c1cc(Cl)cc(Cl)c1)S(C)(=O)=O. The maximum Gasteiger partial charge on any atom is 0.248 e. The van der Waals surface area contributed by atoms with Gasteiger partial charge < -0.3 is 14.8 Å². The van der Waals surface area contributed by atoms with Gasteiger partial charge in [0, 0.05) is 21.8 Å². The van der Waals surface area contributed by atoms with E-state index in [1.807, 2.05) is 0 Å². The molecule has 0 fully saturated rings. The number of nitrogens with one attached hydrogen (secondary N) is 1. The molecule has 0 saturated heterocycles. The molecule has 1 amide bonds. The van der Waals surface area contributed by atoms with Gasteiger partial charge in [-0.1, -0.05) is 30.1 Å². The predicted octanol–water partition coefficient (Wildman–Crippen LogP) is 3.91. The summed E-state index contributed by atoms with van der Waals surface area (Å²) in [4.78, 5) is 12.9. The molecule has 2 aromatic rings. The lowest BCUT2D eigenvalue weighted by atomic mass is 10.1. The van der Waals surface area contributed by atoms with Gasteiger partial charge in [-0.3, -0.25) is 9.10 Å². The molecule has 10 heteroatoms. The number of halogens is 2. The van der Waals surface area contributed by atoms with Gasteiger partial charge in [0.1, 0.15) is 6.04 Å². The van der Waals surface area contributed by atoms with Gasteiger partial charge in [-0.25, -0.2) is 8.42 Å². The van der Waals surface area contributed by atoms with Gasteiger partial charge in [0.15, 0.2) is 11.5 Å². The number of sulfonamides is 1. The quantitative estimate of drug-likeness (QED) is 0.729. The Morgan fingerprint density at radius 1 is 1.14 bits per heavy atom. The number of anilines is 2. The van der Waals surface area contributed by atoms with Crippen molar-refractivity contribution >= 4 is 50.5 Å². The number of benzene rings is 2. The lowest BCUT2D eigenvalue weighted by molar-refractivity contribution is -0.117. The predicted molar refractivity (Wildman–Crippen MR) is 109 cm³/mol. The Kier molecular flexibility index (Phi) is 5.92. The molecule has 150 valence electrons. The van der Waals surface area contributed by atoms with Crippen LogP contribution in [0.1, 0.15) is 13.3 Å². The Balaban J connectivity index is 1.92. The average molecular weight is 445 g/mol. The van der Waals surface area contributed by atoms with Crippen LogP contribution in [0, 0.1) is 0 Å². The molecule has 1 unspecified atom stereocenters. The van der Waals surface area contributed by atoms with E-state index in [0.717, 1.165) is 10.6 Å². The van der Waals surface area contributed by atoms with Crippen molar-refractivity contribution in [3.8, 4) is 11.5 Å². The second-order valence-electron chi connectivity index (χ2n) is 6.17. The first kappa shape index (κ1) is 20.6. The minimum Gasteiger partial charge on any atom is -0.454 e. The molecule has 3 rings (SSSR count). The van der Waals surface area contributed by atoms with Crippen LogP contribution in [0.15, 0.2) is 36.4 Å². The number of carbonyl (C=O) groups excluding carboxylic acids is 1. The Morgan fingerprint density at radius 2 is 1.79 bits per heavy atom. The number of amides is 1. The molecule has 1 atom stereocenters. The van der Waals surface area contributed by atoms with Crippen molar-refractivity contribution in [3.63, 3.8) is 0 Å². The highest BCUT2D eigenvalue weighted by atomic mass is 35.5. The monoisotopic (exact) mass is 444 g/mol. The van der Waals surface area contributed by atoms with Gasteiger partial charge in [0.25, 0.3) is 0 Å². The number of hydrogen-bond donors (Lipinski definition) is 1. The molecule has 0 aromatic heterocycles. The van der Waals surface area contributed by atoms with Crippen molar-refractivity contribution in [2.75, 3.05) is 22.7 Å². The smallest absolute Gasteiger partial charge is 0.248 e. The zero-order valence-electron chi connectivity index (χ0n) is 15.1. The van der Waals surface area contributed by atoms with Gasteiger partial charge in [-0.05, 0) is 36.8 Å². The second-order valence-corrected chi connectivity index (χ2v) is 8.90. The molecule has 1 heterocycles. The first-order valence-electron chi connectivity index (χ1n) is 8.35. The van der Waals surface area contributed by atoms with Crippen molar-refractivity contribution in [2.45, 2.75) is 19.4 Å². The summed E-state index contributed by atoms with van der Waals surface area (Å²) in [6.45, 7) is 1.83. The van der Waals surface area contributed by atoms with Crippen LogP contribution in [0.25, 0.3) is 0 Å². The Morgan fingerprint density at radius 3 is 2.39 bits per heavy atom. The lowest BCUT2D eigenvalue weighted by Crippen LogP contribution is -2.47. The zero-order valence-corrected chi connectivity index (χ0v) is 17.4. The summed E-state index contributed by atoms with van der Waals surface area (Å²) in [5, 5.41) is 3.26. The fourth-order valence-corrected chi connectivity index (χ4v) is 4.64. The van der Waals surface area contributed by atoms with E-state index in [4.69, 9.17) is 32.7 Å².